The highest BCUT2D eigenvalue weighted by Crippen LogP contribution is 2.14. The highest BCUT2D eigenvalue weighted by atomic mass is 15.1. The van der Waals surface area contributed by atoms with Crippen LogP contribution in [0.1, 0.15) is 6.92 Å². The van der Waals surface area contributed by atoms with E-state index in [-0.39, 0.29) is 0 Å². The maximum atomic E-state index is 4.12. The van der Waals surface area contributed by atoms with E-state index in [2.05, 4.69) is 53.8 Å². The topological polar surface area (TPSA) is 21.1 Å². The first-order valence-corrected chi connectivity index (χ1v) is 5.24. The number of hydrogen-bond donors (Lipinski definition) is 0. The van der Waals surface area contributed by atoms with Crippen molar-refractivity contribution in [3.05, 3.63) is 30.7 Å². The van der Waals surface area contributed by atoms with Crippen molar-refractivity contribution in [2.24, 2.45) is 0 Å². The molecule has 1 atom stereocenters. The van der Waals surface area contributed by atoms with Crippen molar-refractivity contribution in [1.29, 1.82) is 0 Å². The van der Waals surface area contributed by atoms with Gasteiger partial charge < -0.3 is 9.47 Å². The van der Waals surface area contributed by atoms with E-state index < -0.39 is 0 Å². The molecule has 0 saturated carbocycles. The van der Waals surface area contributed by atoms with Crippen LogP contribution >= 0.6 is 0 Å². The Bertz CT molecular complexity index is 445. The second-order valence-corrected chi connectivity index (χ2v) is 4.22. The van der Waals surface area contributed by atoms with Crippen LogP contribution in [0.15, 0.2) is 30.7 Å². The van der Waals surface area contributed by atoms with E-state index in [1.165, 1.54) is 10.9 Å². The van der Waals surface area contributed by atoms with Crippen LogP contribution in [0.25, 0.3) is 10.9 Å². The normalized spacial score (nSPS) is 13.6. The zero-order valence-corrected chi connectivity index (χ0v) is 9.51. The summed E-state index contributed by atoms with van der Waals surface area (Å²) in [5.41, 5.74) is 1.26. The number of fused-ring (bicyclic) bond motifs is 1. The van der Waals surface area contributed by atoms with Crippen molar-refractivity contribution >= 4 is 10.9 Å². The van der Waals surface area contributed by atoms with Gasteiger partial charge in [-0.2, -0.15) is 0 Å². The van der Waals surface area contributed by atoms with Gasteiger partial charge in [0.1, 0.15) is 0 Å². The molecular weight excluding hydrogens is 186 g/mol. The Balaban J connectivity index is 2.29. The van der Waals surface area contributed by atoms with Crippen molar-refractivity contribution in [1.82, 2.24) is 14.5 Å². The Labute approximate surface area is 90.3 Å². The minimum atomic E-state index is 0.536. The van der Waals surface area contributed by atoms with Gasteiger partial charge in [0.05, 0.1) is 5.52 Å². The Morgan fingerprint density at radius 3 is 2.93 bits per heavy atom. The van der Waals surface area contributed by atoms with Crippen LogP contribution in [0.4, 0.5) is 0 Å². The summed E-state index contributed by atoms with van der Waals surface area (Å²) in [6, 6.07) is 4.72. The molecule has 0 unspecified atom stereocenters. The molecule has 15 heavy (non-hydrogen) atoms. The first-order valence-electron chi connectivity index (χ1n) is 5.24. The summed E-state index contributed by atoms with van der Waals surface area (Å²) in [4.78, 5) is 6.35. The number of pyridine rings is 1. The van der Waals surface area contributed by atoms with Gasteiger partial charge in [-0.05, 0) is 33.2 Å². The number of aromatic nitrogens is 2. The van der Waals surface area contributed by atoms with Crippen LogP contribution < -0.4 is 0 Å². The highest BCUT2D eigenvalue weighted by Gasteiger charge is 2.07. The second-order valence-electron chi connectivity index (χ2n) is 4.22. The summed E-state index contributed by atoms with van der Waals surface area (Å²) in [5.74, 6) is 0. The average molecular weight is 203 g/mol. The fourth-order valence-electron chi connectivity index (χ4n) is 1.65. The molecule has 0 spiro atoms. The van der Waals surface area contributed by atoms with Crippen LogP contribution in [0.5, 0.6) is 0 Å². The van der Waals surface area contributed by atoms with E-state index in [0.29, 0.717) is 6.04 Å². The minimum absolute atomic E-state index is 0.536. The van der Waals surface area contributed by atoms with Gasteiger partial charge in [0, 0.05) is 36.6 Å². The van der Waals surface area contributed by atoms with Crippen LogP contribution in [-0.4, -0.2) is 34.6 Å². The van der Waals surface area contributed by atoms with E-state index in [1.54, 1.807) is 0 Å². The van der Waals surface area contributed by atoms with Gasteiger partial charge in [-0.25, -0.2) is 0 Å². The van der Waals surface area contributed by atoms with Gasteiger partial charge in [0.2, 0.25) is 0 Å². The van der Waals surface area contributed by atoms with Gasteiger partial charge in [-0.1, -0.05) is 0 Å². The molecular formula is C12H17N3. The molecule has 0 radical (unpaired) electrons. The molecule has 3 heteroatoms. The molecule has 2 aromatic heterocycles. The largest absolute Gasteiger partial charge is 0.346 e. The molecule has 0 aliphatic carbocycles. The summed E-state index contributed by atoms with van der Waals surface area (Å²) in [5, 5.41) is 1.21. The maximum Gasteiger partial charge on any atom is 0.0511 e. The first kappa shape index (κ1) is 10.2. The molecule has 80 valence electrons. The predicted molar refractivity (Wildman–Crippen MR) is 62.9 cm³/mol. The van der Waals surface area contributed by atoms with Gasteiger partial charge >= 0.3 is 0 Å². The third kappa shape index (κ3) is 2.02. The van der Waals surface area contributed by atoms with Crippen LogP contribution in [0.2, 0.25) is 0 Å². The number of likely N-dealkylation sites (N-methyl/N-ethyl adjacent to an activating group) is 1. The Kier molecular flexibility index (Phi) is 2.73. The number of rotatable bonds is 3. The van der Waals surface area contributed by atoms with Crippen molar-refractivity contribution in [2.75, 3.05) is 14.1 Å². The molecule has 3 nitrogen and oxygen atoms in total. The Morgan fingerprint density at radius 1 is 1.40 bits per heavy atom. The molecule has 0 N–H and O–H groups in total. The standard InChI is InChI=1S/C12H17N3/c1-10(14(2)3)9-15-7-5-11-8-13-6-4-12(11)15/h4-8,10H,9H2,1-3H3/t10-/m1/s1. The first-order chi connectivity index (χ1) is 7.18. The molecule has 0 amide bonds. The molecule has 0 fully saturated rings. The van der Waals surface area contributed by atoms with E-state index in [4.69, 9.17) is 0 Å². The minimum Gasteiger partial charge on any atom is -0.346 e. The lowest BCUT2D eigenvalue weighted by Gasteiger charge is -2.20. The van der Waals surface area contributed by atoms with Crippen molar-refractivity contribution in [2.45, 2.75) is 19.5 Å². The quantitative estimate of drug-likeness (QED) is 0.760. The zero-order chi connectivity index (χ0) is 10.8. The lowest BCUT2D eigenvalue weighted by Crippen LogP contribution is -2.28. The van der Waals surface area contributed by atoms with Crippen molar-refractivity contribution < 1.29 is 0 Å². The molecule has 2 aromatic rings. The van der Waals surface area contributed by atoms with Gasteiger partial charge in [0.25, 0.3) is 0 Å². The number of nitrogens with zero attached hydrogens (tertiary/aromatic N) is 3. The van der Waals surface area contributed by atoms with E-state index in [1.807, 2.05) is 12.4 Å². The van der Waals surface area contributed by atoms with E-state index in [0.717, 1.165) is 6.54 Å². The molecule has 0 bridgehead atoms. The fourth-order valence-corrected chi connectivity index (χ4v) is 1.65. The molecule has 0 aliphatic rings. The third-order valence-corrected chi connectivity index (χ3v) is 2.91. The fraction of sp³-hybridized carbons (Fsp3) is 0.417. The molecule has 0 saturated heterocycles. The molecule has 2 rings (SSSR count). The molecule has 0 aliphatic heterocycles. The van der Waals surface area contributed by atoms with Crippen LogP contribution in [0, 0.1) is 0 Å². The predicted octanol–water partition coefficient (Wildman–Crippen LogP) is 1.99. The van der Waals surface area contributed by atoms with Crippen molar-refractivity contribution in [3.8, 4) is 0 Å². The average Bonchev–Trinajstić information content (AvgIpc) is 2.62. The maximum absolute atomic E-state index is 4.12. The lowest BCUT2D eigenvalue weighted by atomic mass is 10.3. The summed E-state index contributed by atoms with van der Waals surface area (Å²) in [6.45, 7) is 3.24. The SMILES string of the molecule is C[C@H](Cn1ccc2cnccc21)N(C)C. The van der Waals surface area contributed by atoms with Gasteiger partial charge in [-0.3, -0.25) is 4.98 Å². The molecule has 2 heterocycles. The zero-order valence-electron chi connectivity index (χ0n) is 9.51. The highest BCUT2D eigenvalue weighted by molar-refractivity contribution is 5.78. The summed E-state index contributed by atoms with van der Waals surface area (Å²) in [6.07, 6.45) is 5.89. The Hall–Kier alpha value is -1.35. The van der Waals surface area contributed by atoms with Crippen LogP contribution in [-0.2, 0) is 6.54 Å². The van der Waals surface area contributed by atoms with Crippen LogP contribution in [0.3, 0.4) is 0 Å². The van der Waals surface area contributed by atoms with Crippen molar-refractivity contribution in [3.63, 3.8) is 0 Å². The smallest absolute Gasteiger partial charge is 0.0511 e. The molecule has 0 aromatic carbocycles. The number of hydrogen-bond acceptors (Lipinski definition) is 2. The monoisotopic (exact) mass is 203 g/mol. The Morgan fingerprint density at radius 2 is 2.20 bits per heavy atom. The van der Waals surface area contributed by atoms with Gasteiger partial charge in [0.15, 0.2) is 0 Å². The van der Waals surface area contributed by atoms with Gasteiger partial charge in [-0.15, -0.1) is 0 Å². The third-order valence-electron chi connectivity index (χ3n) is 2.91. The second kappa shape index (κ2) is 4.03. The summed E-state index contributed by atoms with van der Waals surface area (Å²) < 4.78 is 2.28. The summed E-state index contributed by atoms with van der Waals surface area (Å²) in [7, 11) is 4.22. The van der Waals surface area contributed by atoms with E-state index >= 15 is 0 Å². The summed E-state index contributed by atoms with van der Waals surface area (Å²) >= 11 is 0. The van der Waals surface area contributed by atoms with E-state index in [9.17, 15) is 0 Å². The lowest BCUT2D eigenvalue weighted by molar-refractivity contribution is 0.286.